The third-order valence-corrected chi connectivity index (χ3v) is 14.0. The van der Waals surface area contributed by atoms with Crippen LogP contribution in [0.4, 0.5) is 0 Å². The van der Waals surface area contributed by atoms with Crippen LogP contribution in [0.25, 0.3) is 0 Å². The Kier molecular flexibility index (Phi) is 52.8. The van der Waals surface area contributed by atoms with E-state index in [1.54, 1.807) is 0 Å². The molecule has 0 bridgehead atoms. The number of carbonyl (C=O) groups is 3. The molecule has 0 amide bonds. The van der Waals surface area contributed by atoms with Gasteiger partial charge >= 0.3 is 11.9 Å². The fraction of sp³-hybridized carbons (Fsp3) is 0.919. The van der Waals surface area contributed by atoms with Gasteiger partial charge in [-0.05, 0) is 38.5 Å². The number of hydrogen-bond acceptors (Lipinski definition) is 8. The van der Waals surface area contributed by atoms with E-state index in [1.165, 1.54) is 244 Å². The number of quaternary nitrogens is 1. The molecule has 0 N–H and O–H groups in total. The first-order valence-electron chi connectivity index (χ1n) is 30.8. The van der Waals surface area contributed by atoms with E-state index in [-0.39, 0.29) is 32.2 Å². The number of carboxylic acids is 1. The molecule has 0 aromatic heterocycles. The van der Waals surface area contributed by atoms with Crippen molar-refractivity contribution in [3.8, 4) is 0 Å². The summed E-state index contributed by atoms with van der Waals surface area (Å²) < 4.78 is 22.7. The average Bonchev–Trinajstić information content (AvgIpc) is 3.34. The summed E-state index contributed by atoms with van der Waals surface area (Å²) in [7, 11) is 5.93. The molecule has 0 saturated carbocycles. The van der Waals surface area contributed by atoms with Gasteiger partial charge in [-0.25, -0.2) is 0 Å². The molecule has 0 aromatic carbocycles. The summed E-state index contributed by atoms with van der Waals surface area (Å²) in [6.45, 7) is 4.80. The van der Waals surface area contributed by atoms with E-state index in [0.717, 1.165) is 38.5 Å². The lowest BCUT2D eigenvalue weighted by Gasteiger charge is -2.26. The Labute approximate surface area is 440 Å². The van der Waals surface area contributed by atoms with E-state index in [9.17, 15) is 19.5 Å². The van der Waals surface area contributed by atoms with Crippen LogP contribution in [0.1, 0.15) is 309 Å². The van der Waals surface area contributed by atoms with Crippen LogP contribution in [-0.4, -0.2) is 82.3 Å². The number of rotatable bonds is 58. The van der Waals surface area contributed by atoms with Crippen LogP contribution in [0, 0.1) is 0 Å². The van der Waals surface area contributed by atoms with E-state index in [2.05, 4.69) is 26.0 Å². The normalized spacial score (nSPS) is 12.7. The van der Waals surface area contributed by atoms with Crippen molar-refractivity contribution in [3.05, 3.63) is 12.2 Å². The summed E-state index contributed by atoms with van der Waals surface area (Å²) in [5.74, 6) is -2.26. The van der Waals surface area contributed by atoms with Crippen molar-refractivity contribution in [1.29, 1.82) is 0 Å². The van der Waals surface area contributed by atoms with Gasteiger partial charge in [-0.1, -0.05) is 270 Å². The Morgan fingerprint density at radius 2 is 0.718 bits per heavy atom. The predicted molar refractivity (Wildman–Crippen MR) is 297 cm³/mol. The second-order valence-corrected chi connectivity index (χ2v) is 22.4. The SMILES string of the molecule is CCCCCCCCCC/C=C\CCCCCCCCCCCCCCCCCCCCCCCC(=O)OC(COC(=O)CCCCCCCCCCCCCCC)COC(OCC[N+](C)(C)C)C(=O)[O-]. The molecule has 0 spiro atoms. The Morgan fingerprint density at radius 1 is 0.408 bits per heavy atom. The van der Waals surface area contributed by atoms with Crippen molar-refractivity contribution in [2.45, 2.75) is 322 Å². The molecule has 0 rings (SSSR count). The molecular formula is C62H119NO8. The molecule has 0 radical (unpaired) electrons. The highest BCUT2D eigenvalue weighted by atomic mass is 16.7. The zero-order valence-corrected chi connectivity index (χ0v) is 47.9. The van der Waals surface area contributed by atoms with Crippen LogP contribution >= 0.6 is 0 Å². The van der Waals surface area contributed by atoms with Crippen molar-refractivity contribution < 1.29 is 42.9 Å². The molecule has 9 heteroatoms. The number of likely N-dealkylation sites (N-methyl/N-ethyl adjacent to an activating group) is 1. The smallest absolute Gasteiger partial charge is 0.306 e. The van der Waals surface area contributed by atoms with Gasteiger partial charge in [0.1, 0.15) is 13.2 Å². The maximum Gasteiger partial charge on any atom is 0.306 e. The number of ether oxygens (including phenoxy) is 4. The van der Waals surface area contributed by atoms with E-state index in [0.29, 0.717) is 17.4 Å². The van der Waals surface area contributed by atoms with Crippen molar-refractivity contribution >= 4 is 17.9 Å². The summed E-state index contributed by atoms with van der Waals surface area (Å²) in [6, 6.07) is 0. The summed E-state index contributed by atoms with van der Waals surface area (Å²) in [5.41, 5.74) is 0. The Morgan fingerprint density at radius 3 is 1.04 bits per heavy atom. The van der Waals surface area contributed by atoms with Gasteiger partial charge in [0, 0.05) is 12.8 Å². The van der Waals surface area contributed by atoms with Gasteiger partial charge in [0.05, 0.1) is 40.3 Å². The minimum absolute atomic E-state index is 0.152. The van der Waals surface area contributed by atoms with E-state index < -0.39 is 24.3 Å². The summed E-state index contributed by atoms with van der Waals surface area (Å²) in [6.07, 6.45) is 60.0. The monoisotopic (exact) mass is 1010 g/mol. The van der Waals surface area contributed by atoms with Gasteiger partial charge in [0.15, 0.2) is 12.4 Å². The molecule has 0 aliphatic heterocycles. The molecule has 0 aliphatic carbocycles. The molecule has 0 aromatic rings. The molecule has 0 fully saturated rings. The van der Waals surface area contributed by atoms with Gasteiger partial charge < -0.3 is 33.3 Å². The van der Waals surface area contributed by atoms with Gasteiger partial charge in [-0.2, -0.15) is 0 Å². The van der Waals surface area contributed by atoms with Crippen LogP contribution in [0.2, 0.25) is 0 Å². The molecule has 0 saturated heterocycles. The molecule has 420 valence electrons. The highest BCUT2D eigenvalue weighted by molar-refractivity contribution is 5.70. The Hall–Kier alpha value is -1.97. The molecule has 2 atom stereocenters. The fourth-order valence-corrected chi connectivity index (χ4v) is 9.24. The van der Waals surface area contributed by atoms with E-state index >= 15 is 0 Å². The van der Waals surface area contributed by atoms with Crippen molar-refractivity contribution in [2.75, 3.05) is 47.5 Å². The summed E-state index contributed by atoms with van der Waals surface area (Å²) >= 11 is 0. The maximum atomic E-state index is 12.9. The molecule has 0 aliphatic rings. The molecule has 2 unspecified atom stereocenters. The molecule has 9 nitrogen and oxygen atoms in total. The maximum absolute atomic E-state index is 12.9. The van der Waals surface area contributed by atoms with Crippen LogP contribution in [0.15, 0.2) is 12.2 Å². The lowest BCUT2D eigenvalue weighted by Crippen LogP contribution is -2.44. The van der Waals surface area contributed by atoms with Gasteiger partial charge in [0.2, 0.25) is 0 Å². The van der Waals surface area contributed by atoms with Gasteiger partial charge in [-0.15, -0.1) is 0 Å². The first-order valence-corrected chi connectivity index (χ1v) is 30.8. The standard InChI is InChI=1S/C62H119NO8/c1-6-8-10-12-14-16-18-20-21-22-23-24-25-26-27-28-29-30-31-32-33-34-35-36-37-38-39-41-43-45-47-49-51-53-60(65)71-58(57-70-62(61(66)67)68-55-54-63(3,4)5)56-69-59(64)52-50-48-46-44-42-40-19-17-15-13-11-9-7-2/h22-23,58,62H,6-21,24-57H2,1-5H3/b23-22-. The molecule has 71 heavy (non-hydrogen) atoms. The number of carbonyl (C=O) groups excluding carboxylic acids is 3. The lowest BCUT2D eigenvalue weighted by molar-refractivity contribution is -0.870. The highest BCUT2D eigenvalue weighted by Gasteiger charge is 2.22. The molecule has 0 heterocycles. The van der Waals surface area contributed by atoms with Crippen molar-refractivity contribution in [3.63, 3.8) is 0 Å². The minimum Gasteiger partial charge on any atom is -0.545 e. The van der Waals surface area contributed by atoms with E-state index in [1.807, 2.05) is 21.1 Å². The minimum atomic E-state index is -1.61. The summed E-state index contributed by atoms with van der Waals surface area (Å²) in [4.78, 5) is 37.2. The third-order valence-electron chi connectivity index (χ3n) is 14.0. The number of aliphatic carboxylic acids is 1. The molecular weight excluding hydrogens is 887 g/mol. The quantitative estimate of drug-likeness (QED) is 0.0195. The topological polar surface area (TPSA) is 111 Å². The average molecular weight is 1010 g/mol. The Balaban J connectivity index is 4.00. The number of hydrogen-bond donors (Lipinski definition) is 0. The van der Waals surface area contributed by atoms with Crippen LogP contribution in [0.3, 0.4) is 0 Å². The van der Waals surface area contributed by atoms with E-state index in [4.69, 9.17) is 18.9 Å². The number of esters is 2. The highest BCUT2D eigenvalue weighted by Crippen LogP contribution is 2.18. The second kappa shape index (κ2) is 54.3. The zero-order valence-electron chi connectivity index (χ0n) is 47.9. The number of unbranched alkanes of at least 4 members (excludes halogenated alkanes) is 41. The summed E-state index contributed by atoms with van der Waals surface area (Å²) in [5, 5.41) is 11.8. The van der Waals surface area contributed by atoms with Gasteiger partial charge in [0.25, 0.3) is 0 Å². The fourth-order valence-electron chi connectivity index (χ4n) is 9.24. The number of allylic oxidation sites excluding steroid dienone is 2. The van der Waals surface area contributed by atoms with Crippen molar-refractivity contribution in [2.24, 2.45) is 0 Å². The zero-order chi connectivity index (χ0) is 52.0. The number of carboxylic acid groups (broad SMARTS) is 1. The van der Waals surface area contributed by atoms with Crippen LogP contribution < -0.4 is 5.11 Å². The first kappa shape index (κ1) is 69.0. The largest absolute Gasteiger partial charge is 0.545 e. The van der Waals surface area contributed by atoms with Gasteiger partial charge in [-0.3, -0.25) is 9.59 Å². The van der Waals surface area contributed by atoms with Crippen molar-refractivity contribution in [1.82, 2.24) is 0 Å². The third kappa shape index (κ3) is 55.6. The van der Waals surface area contributed by atoms with Crippen LogP contribution in [-0.2, 0) is 33.3 Å². The van der Waals surface area contributed by atoms with Crippen LogP contribution in [0.5, 0.6) is 0 Å². The first-order chi connectivity index (χ1) is 34.6. The number of nitrogens with zero attached hydrogens (tertiary/aromatic N) is 1. The lowest BCUT2D eigenvalue weighted by atomic mass is 10.0. The predicted octanol–water partition coefficient (Wildman–Crippen LogP) is 16.8. The Bertz CT molecular complexity index is 1170. The second-order valence-electron chi connectivity index (χ2n) is 22.4.